The van der Waals surface area contributed by atoms with Crippen LogP contribution in [0.1, 0.15) is 11.3 Å². The Morgan fingerprint density at radius 1 is 1.00 bits per heavy atom. The summed E-state index contributed by atoms with van der Waals surface area (Å²) in [5.74, 6) is -0.946. The number of carboxylic acid groups (broad SMARTS) is 1. The van der Waals surface area contributed by atoms with Gasteiger partial charge in [-0.15, -0.1) is 0 Å². The fourth-order valence-electron chi connectivity index (χ4n) is 3.45. The van der Waals surface area contributed by atoms with E-state index in [0.29, 0.717) is 0 Å². The molecule has 0 aliphatic carbocycles. The SMILES string of the molecule is Cc1c(C=CC(=O)O)c(-c2ccccc2)c2c3ccccc3ccn12. The van der Waals surface area contributed by atoms with Crippen LogP contribution >= 0.6 is 0 Å². The molecule has 0 saturated carbocycles. The lowest BCUT2D eigenvalue weighted by atomic mass is 9.98. The van der Waals surface area contributed by atoms with Crippen LogP contribution in [-0.2, 0) is 4.79 Å². The first kappa shape index (κ1) is 15.2. The highest BCUT2D eigenvalue weighted by atomic mass is 16.4. The Morgan fingerprint density at radius 3 is 2.48 bits per heavy atom. The lowest BCUT2D eigenvalue weighted by Crippen LogP contribution is -1.88. The van der Waals surface area contributed by atoms with Gasteiger partial charge in [0.15, 0.2) is 0 Å². The summed E-state index contributed by atoms with van der Waals surface area (Å²) in [7, 11) is 0. The predicted octanol–water partition coefficient (Wildman–Crippen LogP) is 5.17. The summed E-state index contributed by atoms with van der Waals surface area (Å²) in [6, 6.07) is 20.5. The van der Waals surface area contributed by atoms with Crippen LogP contribution in [0.15, 0.2) is 72.9 Å². The van der Waals surface area contributed by atoms with Gasteiger partial charge in [-0.1, -0.05) is 54.6 Å². The number of hydrogen-bond donors (Lipinski definition) is 1. The van der Waals surface area contributed by atoms with E-state index in [2.05, 4.69) is 40.9 Å². The summed E-state index contributed by atoms with van der Waals surface area (Å²) < 4.78 is 2.15. The summed E-state index contributed by atoms with van der Waals surface area (Å²) in [6.45, 7) is 2.02. The van der Waals surface area contributed by atoms with E-state index in [9.17, 15) is 4.79 Å². The van der Waals surface area contributed by atoms with Crippen LogP contribution in [-0.4, -0.2) is 15.5 Å². The molecule has 0 spiro atoms. The van der Waals surface area contributed by atoms with Gasteiger partial charge in [-0.3, -0.25) is 0 Å². The second-order valence-electron chi connectivity index (χ2n) is 6.03. The Kier molecular flexibility index (Phi) is 3.62. The van der Waals surface area contributed by atoms with E-state index in [-0.39, 0.29) is 0 Å². The normalized spacial score (nSPS) is 11.6. The van der Waals surface area contributed by atoms with E-state index >= 15 is 0 Å². The highest BCUT2D eigenvalue weighted by molar-refractivity contribution is 6.07. The molecule has 4 rings (SSSR count). The maximum Gasteiger partial charge on any atom is 0.328 e. The Morgan fingerprint density at radius 2 is 1.72 bits per heavy atom. The van der Waals surface area contributed by atoms with Crippen LogP contribution in [0.2, 0.25) is 0 Å². The lowest BCUT2D eigenvalue weighted by molar-refractivity contribution is -0.131. The van der Waals surface area contributed by atoms with Crippen LogP contribution in [0, 0.1) is 6.92 Å². The van der Waals surface area contributed by atoms with Crippen molar-refractivity contribution in [1.82, 2.24) is 4.40 Å². The number of nitrogens with zero attached hydrogens (tertiary/aromatic N) is 1. The molecule has 0 fully saturated rings. The third-order valence-electron chi connectivity index (χ3n) is 4.57. The summed E-state index contributed by atoms with van der Waals surface area (Å²) in [4.78, 5) is 11.1. The third kappa shape index (κ3) is 2.50. The van der Waals surface area contributed by atoms with Gasteiger partial charge in [-0.25, -0.2) is 4.79 Å². The molecule has 0 bridgehead atoms. The molecule has 0 saturated heterocycles. The number of aryl methyl sites for hydroxylation is 1. The van der Waals surface area contributed by atoms with E-state index in [0.717, 1.165) is 33.3 Å². The van der Waals surface area contributed by atoms with Gasteiger partial charge in [0.05, 0.1) is 5.52 Å². The molecule has 3 heteroatoms. The zero-order valence-corrected chi connectivity index (χ0v) is 13.8. The quantitative estimate of drug-likeness (QED) is 0.528. The number of hydrogen-bond acceptors (Lipinski definition) is 1. The molecule has 0 unspecified atom stereocenters. The van der Waals surface area contributed by atoms with Gasteiger partial charge >= 0.3 is 5.97 Å². The smallest absolute Gasteiger partial charge is 0.328 e. The number of benzene rings is 2. The average molecular weight is 327 g/mol. The van der Waals surface area contributed by atoms with Gasteiger partial charge < -0.3 is 9.51 Å². The molecular weight excluding hydrogens is 310 g/mol. The van der Waals surface area contributed by atoms with Crippen molar-refractivity contribution < 1.29 is 9.90 Å². The first-order chi connectivity index (χ1) is 12.2. The fourth-order valence-corrected chi connectivity index (χ4v) is 3.45. The van der Waals surface area contributed by atoms with Gasteiger partial charge in [0.1, 0.15) is 0 Å². The summed E-state index contributed by atoms with van der Waals surface area (Å²) in [6.07, 6.45) is 4.95. The van der Waals surface area contributed by atoms with Crippen molar-refractivity contribution in [1.29, 1.82) is 0 Å². The first-order valence-corrected chi connectivity index (χ1v) is 8.15. The molecule has 3 nitrogen and oxygen atoms in total. The second-order valence-corrected chi connectivity index (χ2v) is 6.03. The van der Waals surface area contributed by atoms with Crippen molar-refractivity contribution >= 4 is 28.3 Å². The molecule has 25 heavy (non-hydrogen) atoms. The van der Waals surface area contributed by atoms with Crippen LogP contribution in [0.4, 0.5) is 0 Å². The molecule has 0 radical (unpaired) electrons. The maximum atomic E-state index is 11.1. The summed E-state index contributed by atoms with van der Waals surface area (Å²) in [5, 5.41) is 11.4. The van der Waals surface area contributed by atoms with Crippen LogP contribution < -0.4 is 0 Å². The van der Waals surface area contributed by atoms with Crippen LogP contribution in [0.5, 0.6) is 0 Å². The van der Waals surface area contributed by atoms with Crippen molar-refractivity contribution in [3.63, 3.8) is 0 Å². The minimum Gasteiger partial charge on any atom is -0.478 e. The first-order valence-electron chi connectivity index (χ1n) is 8.15. The molecule has 2 aromatic heterocycles. The Balaban J connectivity index is 2.18. The Labute approximate surface area is 145 Å². The van der Waals surface area contributed by atoms with Crippen molar-refractivity contribution in [3.8, 4) is 11.1 Å². The van der Waals surface area contributed by atoms with E-state index in [4.69, 9.17) is 5.11 Å². The van der Waals surface area contributed by atoms with Crippen molar-refractivity contribution in [3.05, 3.63) is 84.2 Å². The van der Waals surface area contributed by atoms with Gasteiger partial charge in [-0.2, -0.15) is 0 Å². The van der Waals surface area contributed by atoms with E-state index in [1.165, 1.54) is 11.5 Å². The number of carbonyl (C=O) groups is 1. The summed E-state index contributed by atoms with van der Waals surface area (Å²) >= 11 is 0. The van der Waals surface area contributed by atoms with E-state index in [1.807, 2.05) is 37.3 Å². The molecule has 122 valence electrons. The number of aromatic nitrogens is 1. The second kappa shape index (κ2) is 5.95. The minimum atomic E-state index is -0.946. The van der Waals surface area contributed by atoms with Crippen LogP contribution in [0.3, 0.4) is 0 Å². The van der Waals surface area contributed by atoms with Gasteiger partial charge in [0, 0.05) is 34.5 Å². The highest BCUT2D eigenvalue weighted by Gasteiger charge is 2.17. The number of fused-ring (bicyclic) bond motifs is 3. The van der Waals surface area contributed by atoms with Gasteiger partial charge in [-0.05, 0) is 30.0 Å². The van der Waals surface area contributed by atoms with Crippen molar-refractivity contribution in [2.75, 3.05) is 0 Å². The van der Waals surface area contributed by atoms with Crippen molar-refractivity contribution in [2.24, 2.45) is 0 Å². The van der Waals surface area contributed by atoms with E-state index in [1.54, 1.807) is 6.08 Å². The van der Waals surface area contributed by atoms with Gasteiger partial charge in [0.25, 0.3) is 0 Å². The number of rotatable bonds is 3. The number of pyridine rings is 1. The molecule has 4 aromatic rings. The number of carboxylic acids is 1. The third-order valence-corrected chi connectivity index (χ3v) is 4.57. The molecule has 0 amide bonds. The molecule has 1 N–H and O–H groups in total. The topological polar surface area (TPSA) is 41.7 Å². The standard InChI is InChI=1S/C22H17NO2/c1-15-18(11-12-20(24)25)21(17-8-3-2-4-9-17)22-19-10-6-5-7-16(19)13-14-23(15)22/h2-14H,1H3,(H,24,25). The lowest BCUT2D eigenvalue weighted by Gasteiger charge is -2.06. The Hall–Kier alpha value is -3.33. The zero-order chi connectivity index (χ0) is 17.4. The summed E-state index contributed by atoms with van der Waals surface area (Å²) in [5.41, 5.74) is 5.20. The molecule has 0 atom stereocenters. The minimum absolute atomic E-state index is 0.935. The highest BCUT2D eigenvalue weighted by Crippen LogP contribution is 2.37. The largest absolute Gasteiger partial charge is 0.478 e. The Bertz CT molecular complexity index is 1120. The molecule has 2 aromatic carbocycles. The number of aliphatic carboxylic acids is 1. The van der Waals surface area contributed by atoms with Crippen LogP contribution in [0.25, 0.3) is 33.5 Å². The van der Waals surface area contributed by atoms with Crippen molar-refractivity contribution in [2.45, 2.75) is 6.92 Å². The average Bonchev–Trinajstić information content (AvgIpc) is 2.93. The molecule has 0 aliphatic rings. The fraction of sp³-hybridized carbons (Fsp3) is 0.0455. The monoisotopic (exact) mass is 327 g/mol. The maximum absolute atomic E-state index is 11.1. The predicted molar refractivity (Wildman–Crippen MR) is 102 cm³/mol. The molecule has 0 aliphatic heterocycles. The molecular formula is C22H17NO2. The van der Waals surface area contributed by atoms with E-state index < -0.39 is 5.97 Å². The zero-order valence-electron chi connectivity index (χ0n) is 13.8. The molecule has 2 heterocycles. The van der Waals surface area contributed by atoms with Gasteiger partial charge in [0.2, 0.25) is 0 Å².